The van der Waals surface area contributed by atoms with Crippen LogP contribution < -0.4 is 5.32 Å². The third-order valence-electron chi connectivity index (χ3n) is 2.97. The summed E-state index contributed by atoms with van der Waals surface area (Å²) < 4.78 is 2.05. The molecule has 1 atom stereocenters. The number of fused-ring (bicyclic) bond motifs is 1. The molecule has 14 heavy (non-hydrogen) atoms. The van der Waals surface area contributed by atoms with Crippen LogP contribution in [-0.4, -0.2) is 22.5 Å². The van der Waals surface area contributed by atoms with Crippen LogP contribution in [0.2, 0.25) is 0 Å². The monoisotopic (exact) mass is 187 g/mol. The molecular weight excluding hydrogens is 174 g/mol. The maximum atomic E-state index is 4.12. The fourth-order valence-electron chi connectivity index (χ4n) is 2.13. The summed E-state index contributed by atoms with van der Waals surface area (Å²) in [4.78, 5) is 4.12. The Balaban J connectivity index is 2.04. The first kappa shape index (κ1) is 8.00. The lowest BCUT2D eigenvalue weighted by Gasteiger charge is -2.08. The Morgan fingerprint density at radius 2 is 2.50 bits per heavy atom. The molecule has 1 saturated heterocycles. The van der Waals surface area contributed by atoms with Gasteiger partial charge in [0.15, 0.2) is 0 Å². The van der Waals surface area contributed by atoms with Gasteiger partial charge in [-0.25, -0.2) is 4.98 Å². The fraction of sp³-hybridized carbons (Fsp3) is 0.364. The standard InChI is InChI=1S/C11H13N3/c1-3-12-6-10(1)9-2-4-14-8-13-7-11(14)5-9/h2,4-5,7-8,10,12H,1,3,6H2. The molecule has 1 aliphatic heterocycles. The summed E-state index contributed by atoms with van der Waals surface area (Å²) >= 11 is 0. The Kier molecular flexibility index (Phi) is 1.77. The molecule has 0 aliphatic carbocycles. The molecule has 2 aromatic heterocycles. The van der Waals surface area contributed by atoms with Crippen molar-refractivity contribution in [2.45, 2.75) is 12.3 Å². The zero-order valence-electron chi connectivity index (χ0n) is 7.98. The molecule has 1 unspecified atom stereocenters. The summed E-state index contributed by atoms with van der Waals surface area (Å²) in [5.74, 6) is 0.690. The van der Waals surface area contributed by atoms with Crippen LogP contribution in [0.25, 0.3) is 5.52 Å². The van der Waals surface area contributed by atoms with Crippen LogP contribution in [0.5, 0.6) is 0 Å². The van der Waals surface area contributed by atoms with Gasteiger partial charge in [-0.05, 0) is 36.6 Å². The van der Waals surface area contributed by atoms with Crippen molar-refractivity contribution >= 4 is 5.52 Å². The van der Waals surface area contributed by atoms with Crippen molar-refractivity contribution < 1.29 is 0 Å². The molecule has 1 aliphatic rings. The van der Waals surface area contributed by atoms with Gasteiger partial charge >= 0.3 is 0 Å². The SMILES string of the molecule is c1cn2cncc2cc1C1CCNC1. The fourth-order valence-corrected chi connectivity index (χ4v) is 2.13. The number of aromatic nitrogens is 2. The summed E-state index contributed by atoms with van der Waals surface area (Å²) in [7, 11) is 0. The quantitative estimate of drug-likeness (QED) is 0.731. The van der Waals surface area contributed by atoms with Crippen molar-refractivity contribution in [2.24, 2.45) is 0 Å². The molecule has 3 rings (SSSR count). The number of hydrogen-bond acceptors (Lipinski definition) is 2. The summed E-state index contributed by atoms with van der Waals surface area (Å²) in [6.45, 7) is 2.26. The molecular formula is C11H13N3. The normalized spacial score (nSPS) is 21.9. The van der Waals surface area contributed by atoms with Gasteiger partial charge in [0, 0.05) is 12.7 Å². The highest BCUT2D eigenvalue weighted by Crippen LogP contribution is 2.22. The Morgan fingerprint density at radius 3 is 3.36 bits per heavy atom. The lowest BCUT2D eigenvalue weighted by atomic mass is 9.99. The maximum Gasteiger partial charge on any atom is 0.0991 e. The average Bonchev–Trinajstić information content (AvgIpc) is 2.88. The zero-order valence-corrected chi connectivity index (χ0v) is 7.98. The highest BCUT2D eigenvalue weighted by atomic mass is 15.0. The summed E-state index contributed by atoms with van der Waals surface area (Å²) in [5.41, 5.74) is 2.62. The second-order valence-corrected chi connectivity index (χ2v) is 3.88. The Labute approximate surface area is 82.8 Å². The van der Waals surface area contributed by atoms with E-state index in [0.717, 1.165) is 13.1 Å². The van der Waals surface area contributed by atoms with E-state index in [0.29, 0.717) is 5.92 Å². The second kappa shape index (κ2) is 3.10. The number of nitrogens with zero attached hydrogens (tertiary/aromatic N) is 2. The van der Waals surface area contributed by atoms with E-state index >= 15 is 0 Å². The van der Waals surface area contributed by atoms with Crippen LogP contribution >= 0.6 is 0 Å². The second-order valence-electron chi connectivity index (χ2n) is 3.88. The Hall–Kier alpha value is -1.35. The van der Waals surface area contributed by atoms with Gasteiger partial charge in [-0.1, -0.05) is 0 Å². The predicted molar refractivity (Wildman–Crippen MR) is 55.4 cm³/mol. The van der Waals surface area contributed by atoms with E-state index in [1.807, 2.05) is 16.9 Å². The van der Waals surface area contributed by atoms with Crippen LogP contribution in [0.1, 0.15) is 17.9 Å². The van der Waals surface area contributed by atoms with Crippen LogP contribution in [0.15, 0.2) is 30.9 Å². The van der Waals surface area contributed by atoms with Crippen molar-refractivity contribution in [3.05, 3.63) is 36.4 Å². The lowest BCUT2D eigenvalue weighted by Crippen LogP contribution is -2.08. The summed E-state index contributed by atoms with van der Waals surface area (Å²) in [5, 5.41) is 3.39. The Bertz CT molecular complexity index is 440. The Morgan fingerprint density at radius 1 is 1.50 bits per heavy atom. The van der Waals surface area contributed by atoms with Crippen molar-refractivity contribution in [2.75, 3.05) is 13.1 Å². The first-order chi connectivity index (χ1) is 6.93. The molecule has 0 radical (unpaired) electrons. The van der Waals surface area contributed by atoms with Gasteiger partial charge in [-0.2, -0.15) is 0 Å². The molecule has 0 aromatic carbocycles. The average molecular weight is 187 g/mol. The predicted octanol–water partition coefficient (Wildman–Crippen LogP) is 1.41. The van der Waals surface area contributed by atoms with E-state index in [2.05, 4.69) is 28.6 Å². The van der Waals surface area contributed by atoms with Crippen LogP contribution in [0, 0.1) is 0 Å². The van der Waals surface area contributed by atoms with E-state index in [1.165, 1.54) is 17.5 Å². The van der Waals surface area contributed by atoms with E-state index in [1.54, 1.807) is 0 Å². The van der Waals surface area contributed by atoms with E-state index in [9.17, 15) is 0 Å². The molecule has 1 N–H and O–H groups in total. The van der Waals surface area contributed by atoms with Gasteiger partial charge in [-0.15, -0.1) is 0 Å². The van der Waals surface area contributed by atoms with E-state index in [-0.39, 0.29) is 0 Å². The largest absolute Gasteiger partial charge is 0.316 e. The van der Waals surface area contributed by atoms with Gasteiger partial charge in [0.2, 0.25) is 0 Å². The molecule has 3 nitrogen and oxygen atoms in total. The first-order valence-corrected chi connectivity index (χ1v) is 5.06. The topological polar surface area (TPSA) is 29.3 Å². The van der Waals surface area contributed by atoms with Gasteiger partial charge < -0.3 is 9.72 Å². The highest BCUT2D eigenvalue weighted by Gasteiger charge is 2.16. The number of rotatable bonds is 1. The first-order valence-electron chi connectivity index (χ1n) is 5.06. The molecule has 0 amide bonds. The van der Waals surface area contributed by atoms with Crippen molar-refractivity contribution in [3.8, 4) is 0 Å². The minimum absolute atomic E-state index is 0.690. The van der Waals surface area contributed by atoms with Gasteiger partial charge in [-0.3, -0.25) is 0 Å². The summed E-state index contributed by atoms with van der Waals surface area (Å²) in [6, 6.07) is 4.44. The molecule has 2 aromatic rings. The zero-order chi connectivity index (χ0) is 9.38. The van der Waals surface area contributed by atoms with Gasteiger partial charge in [0.25, 0.3) is 0 Å². The maximum absolute atomic E-state index is 4.12. The number of imidazole rings is 1. The van der Waals surface area contributed by atoms with Crippen molar-refractivity contribution in [3.63, 3.8) is 0 Å². The van der Waals surface area contributed by atoms with Crippen LogP contribution in [0.4, 0.5) is 0 Å². The van der Waals surface area contributed by atoms with Gasteiger partial charge in [0.1, 0.15) is 0 Å². The van der Waals surface area contributed by atoms with Crippen LogP contribution in [0.3, 0.4) is 0 Å². The summed E-state index contributed by atoms with van der Waals surface area (Å²) in [6.07, 6.45) is 7.10. The third kappa shape index (κ3) is 1.21. The smallest absolute Gasteiger partial charge is 0.0991 e. The van der Waals surface area contributed by atoms with E-state index < -0.39 is 0 Å². The van der Waals surface area contributed by atoms with E-state index in [4.69, 9.17) is 0 Å². The lowest BCUT2D eigenvalue weighted by molar-refractivity contribution is 0.762. The van der Waals surface area contributed by atoms with Crippen molar-refractivity contribution in [1.82, 2.24) is 14.7 Å². The molecule has 0 saturated carbocycles. The molecule has 3 heterocycles. The number of nitrogens with one attached hydrogen (secondary N) is 1. The number of hydrogen-bond donors (Lipinski definition) is 1. The molecule has 0 spiro atoms. The van der Waals surface area contributed by atoms with Crippen molar-refractivity contribution in [1.29, 1.82) is 0 Å². The minimum Gasteiger partial charge on any atom is -0.316 e. The molecule has 0 bridgehead atoms. The molecule has 3 heteroatoms. The van der Waals surface area contributed by atoms with Crippen LogP contribution in [-0.2, 0) is 0 Å². The number of pyridine rings is 1. The highest BCUT2D eigenvalue weighted by molar-refractivity contribution is 5.47. The molecule has 1 fully saturated rings. The minimum atomic E-state index is 0.690. The molecule has 72 valence electrons. The van der Waals surface area contributed by atoms with Gasteiger partial charge in [0.05, 0.1) is 18.0 Å². The third-order valence-corrected chi connectivity index (χ3v) is 2.97.